The molecule has 2 aliphatic rings. The zero-order valence-corrected chi connectivity index (χ0v) is 16.2. The van der Waals surface area contributed by atoms with E-state index in [2.05, 4.69) is 10.6 Å². The summed E-state index contributed by atoms with van der Waals surface area (Å²) in [7, 11) is 0. The molecule has 1 fully saturated rings. The molecular formula is C21H20ClN3O3. The molecule has 28 heavy (non-hydrogen) atoms. The fraction of sp³-hybridized carbons (Fsp3) is 0.286. The van der Waals surface area contributed by atoms with Gasteiger partial charge < -0.3 is 10.6 Å². The van der Waals surface area contributed by atoms with Gasteiger partial charge in [-0.25, -0.2) is 4.79 Å². The molecule has 1 atom stereocenters. The van der Waals surface area contributed by atoms with Gasteiger partial charge in [0.05, 0.1) is 0 Å². The van der Waals surface area contributed by atoms with Crippen molar-refractivity contribution < 1.29 is 14.4 Å². The minimum atomic E-state index is -1.23. The summed E-state index contributed by atoms with van der Waals surface area (Å²) in [4.78, 5) is 38.7. The second kappa shape index (κ2) is 6.95. The first-order valence-corrected chi connectivity index (χ1v) is 9.56. The SMILES string of the molecule is C[C@@]1(c2ccc(Cl)cc2)NC(=O)N(CC(=O)Nc2ccc3c(c2)CCC3)C1=O. The second-order valence-electron chi connectivity index (χ2n) is 7.34. The van der Waals surface area contributed by atoms with Crippen LogP contribution in [0.25, 0.3) is 0 Å². The Kier molecular flexibility index (Phi) is 4.59. The van der Waals surface area contributed by atoms with Crippen molar-refractivity contribution in [3.63, 3.8) is 0 Å². The molecule has 4 amide bonds. The van der Waals surface area contributed by atoms with Crippen LogP contribution in [0.2, 0.25) is 5.02 Å². The lowest BCUT2D eigenvalue weighted by Gasteiger charge is -2.22. The van der Waals surface area contributed by atoms with Crippen LogP contribution in [0.3, 0.4) is 0 Å². The number of amides is 4. The summed E-state index contributed by atoms with van der Waals surface area (Å²) in [5.74, 6) is -0.884. The summed E-state index contributed by atoms with van der Waals surface area (Å²) in [6.07, 6.45) is 3.19. The molecule has 0 unspecified atom stereocenters. The Bertz CT molecular complexity index is 973. The summed E-state index contributed by atoms with van der Waals surface area (Å²) in [6.45, 7) is 1.28. The average molecular weight is 398 g/mol. The maximum absolute atomic E-state index is 12.9. The Morgan fingerprint density at radius 3 is 2.61 bits per heavy atom. The van der Waals surface area contributed by atoms with Crippen LogP contribution in [-0.4, -0.2) is 29.3 Å². The van der Waals surface area contributed by atoms with E-state index in [1.807, 2.05) is 18.2 Å². The van der Waals surface area contributed by atoms with Crippen LogP contribution in [0.4, 0.5) is 10.5 Å². The van der Waals surface area contributed by atoms with Gasteiger partial charge in [0, 0.05) is 10.7 Å². The van der Waals surface area contributed by atoms with Crippen molar-refractivity contribution in [3.05, 3.63) is 64.2 Å². The molecule has 4 rings (SSSR count). The maximum Gasteiger partial charge on any atom is 0.325 e. The largest absolute Gasteiger partial charge is 0.325 e. The predicted molar refractivity (Wildman–Crippen MR) is 106 cm³/mol. The topological polar surface area (TPSA) is 78.5 Å². The molecule has 1 aliphatic carbocycles. The summed E-state index contributed by atoms with van der Waals surface area (Å²) in [6, 6.07) is 11.9. The number of urea groups is 1. The number of rotatable bonds is 4. The number of halogens is 1. The minimum Gasteiger partial charge on any atom is -0.325 e. The van der Waals surface area contributed by atoms with Crippen LogP contribution in [0, 0.1) is 0 Å². The van der Waals surface area contributed by atoms with Crippen molar-refractivity contribution in [1.29, 1.82) is 0 Å². The van der Waals surface area contributed by atoms with E-state index in [-0.39, 0.29) is 6.54 Å². The lowest BCUT2D eigenvalue weighted by molar-refractivity contribution is -0.133. The van der Waals surface area contributed by atoms with Gasteiger partial charge in [0.25, 0.3) is 5.91 Å². The third-order valence-electron chi connectivity index (χ3n) is 5.38. The van der Waals surface area contributed by atoms with Crippen LogP contribution in [0.15, 0.2) is 42.5 Å². The van der Waals surface area contributed by atoms with E-state index in [9.17, 15) is 14.4 Å². The Hall–Kier alpha value is -2.86. The van der Waals surface area contributed by atoms with Gasteiger partial charge in [-0.3, -0.25) is 14.5 Å². The molecular weight excluding hydrogens is 378 g/mol. The number of aryl methyl sites for hydroxylation is 2. The van der Waals surface area contributed by atoms with Gasteiger partial charge in [0.2, 0.25) is 5.91 Å². The first-order chi connectivity index (χ1) is 13.4. The number of benzene rings is 2. The number of anilines is 1. The molecule has 7 heteroatoms. The zero-order chi connectivity index (χ0) is 19.9. The number of hydrogen-bond donors (Lipinski definition) is 2. The Labute approximate surface area is 167 Å². The van der Waals surface area contributed by atoms with Gasteiger partial charge in [-0.15, -0.1) is 0 Å². The van der Waals surface area contributed by atoms with Crippen molar-refractivity contribution >= 4 is 35.1 Å². The Balaban J connectivity index is 1.47. The third kappa shape index (κ3) is 3.24. The first kappa shape index (κ1) is 18.5. The van der Waals surface area contributed by atoms with Crippen molar-refractivity contribution in [1.82, 2.24) is 10.2 Å². The average Bonchev–Trinajstić information content (AvgIpc) is 3.21. The van der Waals surface area contributed by atoms with Crippen LogP contribution in [0.1, 0.15) is 30.0 Å². The Morgan fingerprint density at radius 1 is 1.14 bits per heavy atom. The quantitative estimate of drug-likeness (QED) is 0.777. The first-order valence-electron chi connectivity index (χ1n) is 9.18. The number of imide groups is 1. The molecule has 0 aromatic heterocycles. The second-order valence-corrected chi connectivity index (χ2v) is 7.77. The molecule has 0 spiro atoms. The van der Waals surface area contributed by atoms with Gasteiger partial charge in [0.1, 0.15) is 12.1 Å². The third-order valence-corrected chi connectivity index (χ3v) is 5.63. The van der Waals surface area contributed by atoms with Crippen LogP contribution >= 0.6 is 11.6 Å². The smallest absolute Gasteiger partial charge is 0.325 e. The molecule has 2 N–H and O–H groups in total. The molecule has 0 bridgehead atoms. The fourth-order valence-corrected chi connectivity index (χ4v) is 3.94. The molecule has 1 saturated heterocycles. The van der Waals surface area contributed by atoms with E-state index in [4.69, 9.17) is 11.6 Å². The molecule has 1 aliphatic heterocycles. The van der Waals surface area contributed by atoms with Gasteiger partial charge in [-0.1, -0.05) is 29.8 Å². The molecule has 0 saturated carbocycles. The Morgan fingerprint density at radius 2 is 1.86 bits per heavy atom. The standard InChI is InChI=1S/C21H20ClN3O3/c1-21(15-6-8-16(22)9-7-15)19(27)25(20(28)24-21)12-18(26)23-17-10-5-13-3-2-4-14(13)11-17/h5-11H,2-4,12H2,1H3,(H,23,26)(H,24,28)/t21-/m0/s1. The van der Waals surface area contributed by atoms with Crippen molar-refractivity contribution in [3.8, 4) is 0 Å². The molecule has 1 heterocycles. The number of nitrogens with one attached hydrogen (secondary N) is 2. The summed E-state index contributed by atoms with van der Waals surface area (Å²) >= 11 is 5.90. The highest BCUT2D eigenvalue weighted by Crippen LogP contribution is 2.30. The summed E-state index contributed by atoms with van der Waals surface area (Å²) in [5.41, 5.74) is 2.61. The highest BCUT2D eigenvalue weighted by molar-refractivity contribution is 6.30. The molecule has 6 nitrogen and oxygen atoms in total. The summed E-state index contributed by atoms with van der Waals surface area (Å²) < 4.78 is 0. The predicted octanol–water partition coefficient (Wildman–Crippen LogP) is 3.23. The van der Waals surface area contributed by atoms with Crippen LogP contribution in [-0.2, 0) is 28.0 Å². The van der Waals surface area contributed by atoms with E-state index in [1.54, 1.807) is 31.2 Å². The monoisotopic (exact) mass is 397 g/mol. The van der Waals surface area contributed by atoms with Gasteiger partial charge in [-0.2, -0.15) is 0 Å². The fourth-order valence-electron chi connectivity index (χ4n) is 3.81. The van der Waals surface area contributed by atoms with Gasteiger partial charge in [-0.05, 0) is 67.1 Å². The van der Waals surface area contributed by atoms with Crippen molar-refractivity contribution in [2.24, 2.45) is 0 Å². The number of carbonyl (C=O) groups is 3. The molecule has 144 valence electrons. The molecule has 0 radical (unpaired) electrons. The van der Waals surface area contributed by atoms with Gasteiger partial charge >= 0.3 is 6.03 Å². The van der Waals surface area contributed by atoms with E-state index in [1.165, 1.54) is 11.1 Å². The van der Waals surface area contributed by atoms with Gasteiger partial charge in [0.15, 0.2) is 0 Å². The number of fused-ring (bicyclic) bond motifs is 1. The number of nitrogens with zero attached hydrogens (tertiary/aromatic N) is 1. The van der Waals surface area contributed by atoms with Crippen LogP contribution < -0.4 is 10.6 Å². The number of hydrogen-bond acceptors (Lipinski definition) is 3. The zero-order valence-electron chi connectivity index (χ0n) is 15.4. The highest BCUT2D eigenvalue weighted by atomic mass is 35.5. The lowest BCUT2D eigenvalue weighted by Crippen LogP contribution is -2.42. The lowest BCUT2D eigenvalue weighted by atomic mass is 9.92. The summed E-state index contributed by atoms with van der Waals surface area (Å²) in [5, 5.41) is 6.00. The minimum absolute atomic E-state index is 0.342. The van der Waals surface area contributed by atoms with E-state index in [0.29, 0.717) is 16.3 Å². The van der Waals surface area contributed by atoms with E-state index >= 15 is 0 Å². The molecule has 2 aromatic carbocycles. The van der Waals surface area contributed by atoms with Crippen molar-refractivity contribution in [2.75, 3.05) is 11.9 Å². The maximum atomic E-state index is 12.9. The normalized spacial score (nSPS) is 20.9. The highest BCUT2D eigenvalue weighted by Gasteiger charge is 2.49. The van der Waals surface area contributed by atoms with E-state index in [0.717, 1.165) is 24.2 Å². The molecule has 2 aromatic rings. The van der Waals surface area contributed by atoms with E-state index < -0.39 is 23.4 Å². The van der Waals surface area contributed by atoms with Crippen molar-refractivity contribution in [2.45, 2.75) is 31.7 Å². The number of carbonyl (C=O) groups excluding carboxylic acids is 3. The van der Waals surface area contributed by atoms with Crippen LogP contribution in [0.5, 0.6) is 0 Å².